The first-order valence-electron chi connectivity index (χ1n) is 6.36. The molecular weight excluding hydrogens is 260 g/mol. The van der Waals surface area contributed by atoms with E-state index in [0.717, 1.165) is 25.3 Å². The maximum atomic E-state index is 9.23. The number of rotatable bonds is 2. The van der Waals surface area contributed by atoms with Crippen LogP contribution < -0.4 is 4.90 Å². The summed E-state index contributed by atoms with van der Waals surface area (Å²) in [6.07, 6.45) is 1.02. The van der Waals surface area contributed by atoms with Gasteiger partial charge in [0.15, 0.2) is 0 Å². The Hall–Kier alpha value is -1.58. The first-order valence-corrected chi connectivity index (χ1v) is 6.74. The topological polar surface area (TPSA) is 36.4 Å². The number of halogens is 1. The lowest BCUT2D eigenvalue weighted by Gasteiger charge is -2.30. The van der Waals surface area contributed by atoms with Crippen LogP contribution in [0.25, 0.3) is 0 Å². The fourth-order valence-electron chi connectivity index (χ4n) is 2.45. The van der Waals surface area contributed by atoms with Gasteiger partial charge in [-0.05, 0) is 29.7 Å². The van der Waals surface area contributed by atoms with Crippen LogP contribution in [0.2, 0.25) is 5.02 Å². The van der Waals surface area contributed by atoms with Crippen molar-refractivity contribution in [2.75, 3.05) is 11.4 Å². The number of hydrogen-bond acceptors (Lipinski definition) is 3. The minimum atomic E-state index is -0.128. The lowest BCUT2D eigenvalue weighted by atomic mass is 10.00. The molecule has 0 fully saturated rings. The Bertz CT molecular complexity index is 600. The molecule has 1 aromatic carbocycles. The van der Waals surface area contributed by atoms with E-state index in [4.69, 9.17) is 11.6 Å². The summed E-state index contributed by atoms with van der Waals surface area (Å²) in [4.78, 5) is 6.65. The third-order valence-electron chi connectivity index (χ3n) is 3.51. The average Bonchev–Trinajstić information content (AvgIpc) is 2.47. The number of aromatic nitrogens is 1. The van der Waals surface area contributed by atoms with Crippen molar-refractivity contribution in [2.45, 2.75) is 19.6 Å². The van der Waals surface area contributed by atoms with Gasteiger partial charge in [-0.2, -0.15) is 0 Å². The number of fused-ring (bicyclic) bond motifs is 1. The zero-order valence-corrected chi connectivity index (χ0v) is 11.3. The molecule has 2 heterocycles. The second-order valence-electron chi connectivity index (χ2n) is 4.70. The summed E-state index contributed by atoms with van der Waals surface area (Å²) in [5.41, 5.74) is 3.30. The van der Waals surface area contributed by atoms with Crippen LogP contribution in [0, 0.1) is 0 Å². The van der Waals surface area contributed by atoms with E-state index in [1.165, 1.54) is 11.1 Å². The standard InChI is InChI=1S/C15H15ClN2O/c16-13-5-6-15(17-14(13)10-19)18-8-7-11-3-1-2-4-12(11)9-18/h1-6,19H,7-10H2. The lowest BCUT2D eigenvalue weighted by molar-refractivity contribution is 0.277. The van der Waals surface area contributed by atoms with Crippen molar-refractivity contribution in [2.24, 2.45) is 0 Å². The van der Waals surface area contributed by atoms with Gasteiger partial charge in [0.1, 0.15) is 5.82 Å². The summed E-state index contributed by atoms with van der Waals surface area (Å²) >= 11 is 5.98. The summed E-state index contributed by atoms with van der Waals surface area (Å²) in [5.74, 6) is 0.878. The van der Waals surface area contributed by atoms with Crippen molar-refractivity contribution in [1.29, 1.82) is 0 Å². The molecule has 3 nitrogen and oxygen atoms in total. The minimum absolute atomic E-state index is 0.128. The summed E-state index contributed by atoms with van der Waals surface area (Å²) < 4.78 is 0. The molecule has 0 radical (unpaired) electrons. The molecule has 1 aromatic heterocycles. The predicted octanol–water partition coefficient (Wildman–Crippen LogP) is 2.79. The minimum Gasteiger partial charge on any atom is -0.390 e. The van der Waals surface area contributed by atoms with Gasteiger partial charge in [-0.3, -0.25) is 0 Å². The molecule has 19 heavy (non-hydrogen) atoms. The average molecular weight is 275 g/mol. The Morgan fingerprint density at radius 1 is 1.16 bits per heavy atom. The first kappa shape index (κ1) is 12.5. The number of hydrogen-bond donors (Lipinski definition) is 1. The predicted molar refractivity (Wildman–Crippen MR) is 76.4 cm³/mol. The van der Waals surface area contributed by atoms with Crippen LogP contribution in [0.1, 0.15) is 16.8 Å². The molecule has 0 unspecified atom stereocenters. The Morgan fingerprint density at radius 2 is 1.95 bits per heavy atom. The normalized spacial score (nSPS) is 14.3. The lowest BCUT2D eigenvalue weighted by Crippen LogP contribution is -2.31. The maximum absolute atomic E-state index is 9.23. The van der Waals surface area contributed by atoms with Crippen LogP contribution in [-0.4, -0.2) is 16.6 Å². The van der Waals surface area contributed by atoms with Gasteiger partial charge in [-0.1, -0.05) is 35.9 Å². The summed E-state index contributed by atoms with van der Waals surface area (Å²) in [6.45, 7) is 1.67. The molecule has 0 saturated heterocycles. The van der Waals surface area contributed by atoms with Crippen molar-refractivity contribution in [3.8, 4) is 0 Å². The fourth-order valence-corrected chi connectivity index (χ4v) is 2.62. The van der Waals surface area contributed by atoms with Crippen LogP contribution in [0.15, 0.2) is 36.4 Å². The molecule has 98 valence electrons. The molecule has 2 aromatic rings. The van der Waals surface area contributed by atoms with E-state index in [-0.39, 0.29) is 6.61 Å². The summed E-state index contributed by atoms with van der Waals surface area (Å²) in [5, 5.41) is 9.75. The van der Waals surface area contributed by atoms with Crippen LogP contribution in [-0.2, 0) is 19.6 Å². The smallest absolute Gasteiger partial charge is 0.129 e. The Morgan fingerprint density at radius 3 is 2.74 bits per heavy atom. The van der Waals surface area contributed by atoms with Crippen LogP contribution >= 0.6 is 11.6 Å². The highest BCUT2D eigenvalue weighted by molar-refractivity contribution is 6.31. The van der Waals surface area contributed by atoms with Crippen LogP contribution in [0.4, 0.5) is 5.82 Å². The highest BCUT2D eigenvalue weighted by Gasteiger charge is 2.17. The number of nitrogens with zero attached hydrogens (tertiary/aromatic N) is 2. The van der Waals surface area contributed by atoms with Crippen molar-refractivity contribution in [1.82, 2.24) is 4.98 Å². The van der Waals surface area contributed by atoms with Gasteiger partial charge in [0, 0.05) is 13.1 Å². The SMILES string of the molecule is OCc1nc(N2CCc3ccccc3C2)ccc1Cl. The number of benzene rings is 1. The Balaban J connectivity index is 1.89. The number of aliphatic hydroxyl groups is 1. The molecule has 1 aliphatic rings. The van der Waals surface area contributed by atoms with Crippen molar-refractivity contribution >= 4 is 17.4 Å². The maximum Gasteiger partial charge on any atom is 0.129 e. The van der Waals surface area contributed by atoms with Crippen molar-refractivity contribution in [3.05, 3.63) is 58.2 Å². The highest BCUT2D eigenvalue weighted by atomic mass is 35.5. The highest BCUT2D eigenvalue weighted by Crippen LogP contribution is 2.25. The zero-order chi connectivity index (χ0) is 13.2. The third-order valence-corrected chi connectivity index (χ3v) is 3.85. The first-order chi connectivity index (χ1) is 9.28. The summed E-state index contributed by atoms with van der Waals surface area (Å²) in [6, 6.07) is 12.2. The molecule has 0 amide bonds. The third kappa shape index (κ3) is 2.44. The largest absolute Gasteiger partial charge is 0.390 e. The molecule has 3 rings (SSSR count). The van der Waals surface area contributed by atoms with E-state index in [1.54, 1.807) is 6.07 Å². The van der Waals surface area contributed by atoms with E-state index in [0.29, 0.717) is 10.7 Å². The number of anilines is 1. The number of aliphatic hydroxyl groups excluding tert-OH is 1. The van der Waals surface area contributed by atoms with Gasteiger partial charge in [-0.25, -0.2) is 4.98 Å². The van der Waals surface area contributed by atoms with Crippen molar-refractivity contribution in [3.63, 3.8) is 0 Å². The van der Waals surface area contributed by atoms with E-state index in [9.17, 15) is 5.11 Å². The molecule has 0 spiro atoms. The molecule has 1 N–H and O–H groups in total. The van der Waals surface area contributed by atoms with Gasteiger partial charge in [0.05, 0.1) is 17.3 Å². The molecule has 4 heteroatoms. The molecular formula is C15H15ClN2O. The van der Waals surface area contributed by atoms with Crippen molar-refractivity contribution < 1.29 is 5.11 Å². The molecule has 0 bridgehead atoms. The molecule has 0 atom stereocenters. The van der Waals surface area contributed by atoms with Gasteiger partial charge in [0.25, 0.3) is 0 Å². The fraction of sp³-hybridized carbons (Fsp3) is 0.267. The molecule has 0 saturated carbocycles. The Labute approximate surface area is 117 Å². The van der Waals surface area contributed by atoms with E-state index < -0.39 is 0 Å². The zero-order valence-electron chi connectivity index (χ0n) is 10.5. The second-order valence-corrected chi connectivity index (χ2v) is 5.10. The number of pyridine rings is 1. The van der Waals surface area contributed by atoms with Crippen LogP contribution in [0.5, 0.6) is 0 Å². The molecule has 0 aliphatic carbocycles. The van der Waals surface area contributed by atoms with Gasteiger partial charge in [0.2, 0.25) is 0 Å². The van der Waals surface area contributed by atoms with E-state index in [2.05, 4.69) is 34.1 Å². The van der Waals surface area contributed by atoms with E-state index >= 15 is 0 Å². The second kappa shape index (κ2) is 5.19. The quantitative estimate of drug-likeness (QED) is 0.915. The Kier molecular flexibility index (Phi) is 3.40. The summed E-state index contributed by atoms with van der Waals surface area (Å²) in [7, 11) is 0. The van der Waals surface area contributed by atoms with E-state index in [1.807, 2.05) is 6.07 Å². The van der Waals surface area contributed by atoms with Gasteiger partial charge < -0.3 is 10.0 Å². The van der Waals surface area contributed by atoms with Crippen LogP contribution in [0.3, 0.4) is 0 Å². The van der Waals surface area contributed by atoms with Gasteiger partial charge in [-0.15, -0.1) is 0 Å². The van der Waals surface area contributed by atoms with Gasteiger partial charge >= 0.3 is 0 Å². The monoisotopic (exact) mass is 274 g/mol. The molecule has 1 aliphatic heterocycles.